The van der Waals surface area contributed by atoms with E-state index in [1.807, 2.05) is 0 Å². The van der Waals surface area contributed by atoms with Crippen LogP contribution in [0, 0.1) is 0 Å². The minimum atomic E-state index is -3.88. The number of ether oxygens (including phenoxy) is 2. The summed E-state index contributed by atoms with van der Waals surface area (Å²) in [6.07, 6.45) is 0.352. The van der Waals surface area contributed by atoms with E-state index < -0.39 is 20.0 Å². The molecule has 1 aliphatic rings. The summed E-state index contributed by atoms with van der Waals surface area (Å²) in [5.41, 5.74) is 0. The van der Waals surface area contributed by atoms with Gasteiger partial charge in [-0.15, -0.1) is 0 Å². The van der Waals surface area contributed by atoms with E-state index in [9.17, 15) is 16.8 Å². The molecule has 12 heteroatoms. The second-order valence-electron chi connectivity index (χ2n) is 6.75. The third-order valence-corrected chi connectivity index (χ3v) is 9.73. The maximum Gasteiger partial charge on any atom is 0.246 e. The molecule has 0 atom stereocenters. The van der Waals surface area contributed by atoms with Crippen LogP contribution < -0.4 is 9.47 Å². The zero-order valence-corrected chi connectivity index (χ0v) is 21.7. The van der Waals surface area contributed by atoms with Gasteiger partial charge in [-0.2, -0.15) is 8.61 Å². The van der Waals surface area contributed by atoms with Crippen LogP contribution in [0.3, 0.4) is 0 Å². The zero-order chi connectivity index (χ0) is 22.8. The van der Waals surface area contributed by atoms with Gasteiger partial charge in [0.05, 0.1) is 14.2 Å². The van der Waals surface area contributed by atoms with Gasteiger partial charge in [0.15, 0.2) is 0 Å². The Morgan fingerprint density at radius 3 is 1.45 bits per heavy atom. The van der Waals surface area contributed by atoms with Crippen molar-refractivity contribution in [3.05, 3.63) is 45.3 Å². The van der Waals surface area contributed by atoms with Crippen molar-refractivity contribution in [1.82, 2.24) is 8.61 Å². The fourth-order valence-corrected chi connectivity index (χ4v) is 7.66. The summed E-state index contributed by atoms with van der Waals surface area (Å²) in [6.45, 7) is 0.431. The molecule has 2 aromatic rings. The third kappa shape index (κ3) is 5.09. The molecule has 0 spiro atoms. The molecule has 0 aliphatic carbocycles. The van der Waals surface area contributed by atoms with E-state index >= 15 is 0 Å². The lowest BCUT2D eigenvalue weighted by Gasteiger charge is -2.23. The lowest BCUT2D eigenvalue weighted by atomic mass is 10.3. The van der Waals surface area contributed by atoms with Crippen molar-refractivity contribution < 1.29 is 26.3 Å². The largest absolute Gasteiger partial charge is 0.495 e. The van der Waals surface area contributed by atoms with E-state index in [1.54, 1.807) is 24.3 Å². The smallest absolute Gasteiger partial charge is 0.246 e. The molecule has 1 saturated heterocycles. The molecule has 170 valence electrons. The van der Waals surface area contributed by atoms with Crippen LogP contribution in [0.2, 0.25) is 0 Å². The summed E-state index contributed by atoms with van der Waals surface area (Å²) in [4.78, 5) is 0.0729. The summed E-state index contributed by atoms with van der Waals surface area (Å²) >= 11 is 6.59. The Balaban J connectivity index is 1.89. The summed E-state index contributed by atoms with van der Waals surface area (Å²) in [7, 11) is -4.94. The van der Waals surface area contributed by atoms with E-state index in [4.69, 9.17) is 9.47 Å². The zero-order valence-electron chi connectivity index (χ0n) is 16.9. The monoisotopic (exact) mass is 596 g/mol. The number of methoxy groups -OCH3 is 2. The fourth-order valence-electron chi connectivity index (χ4n) is 3.33. The Morgan fingerprint density at radius 2 is 1.10 bits per heavy atom. The predicted molar refractivity (Wildman–Crippen MR) is 124 cm³/mol. The molecule has 31 heavy (non-hydrogen) atoms. The molecule has 1 fully saturated rings. The van der Waals surface area contributed by atoms with Crippen LogP contribution in [0.4, 0.5) is 0 Å². The maximum atomic E-state index is 13.3. The molecule has 0 N–H and O–H groups in total. The van der Waals surface area contributed by atoms with E-state index in [0.717, 1.165) is 0 Å². The summed E-state index contributed by atoms with van der Waals surface area (Å²) < 4.78 is 67.4. The average molecular weight is 598 g/mol. The van der Waals surface area contributed by atoms with Crippen molar-refractivity contribution in [3.8, 4) is 11.5 Å². The number of benzene rings is 2. The lowest BCUT2D eigenvalue weighted by Crippen LogP contribution is -2.37. The van der Waals surface area contributed by atoms with Gasteiger partial charge in [0.2, 0.25) is 20.0 Å². The molecular formula is C19H22Br2N2O6S2. The van der Waals surface area contributed by atoms with Crippen molar-refractivity contribution in [2.45, 2.75) is 16.2 Å². The molecule has 3 rings (SSSR count). The summed E-state index contributed by atoms with van der Waals surface area (Å²) in [5, 5.41) is 0. The van der Waals surface area contributed by atoms with Crippen LogP contribution in [0.5, 0.6) is 11.5 Å². The molecule has 1 aliphatic heterocycles. The van der Waals surface area contributed by atoms with E-state index in [2.05, 4.69) is 31.9 Å². The van der Waals surface area contributed by atoms with Gasteiger partial charge in [-0.25, -0.2) is 16.8 Å². The Bertz CT molecular complexity index is 1080. The molecule has 0 radical (unpaired) electrons. The first kappa shape index (κ1) is 24.5. The summed E-state index contributed by atoms with van der Waals surface area (Å²) in [5.74, 6) is 0.464. The highest BCUT2D eigenvalue weighted by Gasteiger charge is 2.34. The van der Waals surface area contributed by atoms with Gasteiger partial charge in [0, 0.05) is 35.1 Å². The molecule has 0 bridgehead atoms. The highest BCUT2D eigenvalue weighted by atomic mass is 79.9. The fraction of sp³-hybridized carbons (Fsp3) is 0.368. The number of hydrogen-bond donors (Lipinski definition) is 0. The molecule has 0 saturated carbocycles. The van der Waals surface area contributed by atoms with Crippen LogP contribution in [0.1, 0.15) is 6.42 Å². The van der Waals surface area contributed by atoms with Gasteiger partial charge < -0.3 is 9.47 Å². The second kappa shape index (κ2) is 9.75. The lowest BCUT2D eigenvalue weighted by molar-refractivity contribution is 0.383. The molecule has 2 aromatic carbocycles. The number of halogens is 2. The molecule has 0 aromatic heterocycles. The predicted octanol–water partition coefficient (Wildman–Crippen LogP) is 3.31. The maximum absolute atomic E-state index is 13.3. The quantitative estimate of drug-likeness (QED) is 0.507. The third-order valence-electron chi connectivity index (χ3n) is 4.90. The minimum absolute atomic E-state index is 0.0214. The first-order chi connectivity index (χ1) is 14.6. The molecular weight excluding hydrogens is 576 g/mol. The van der Waals surface area contributed by atoms with Gasteiger partial charge in [0.25, 0.3) is 0 Å². The van der Waals surface area contributed by atoms with E-state index in [-0.39, 0.29) is 47.5 Å². The normalized spacial score (nSPS) is 16.6. The van der Waals surface area contributed by atoms with E-state index in [0.29, 0.717) is 15.4 Å². The van der Waals surface area contributed by atoms with Crippen LogP contribution in [-0.4, -0.2) is 65.8 Å². The Kier molecular flexibility index (Phi) is 7.70. The number of sulfonamides is 2. The average Bonchev–Trinajstić information content (AvgIpc) is 3.01. The first-order valence-corrected chi connectivity index (χ1v) is 13.7. The molecule has 0 amide bonds. The van der Waals surface area contributed by atoms with Crippen molar-refractivity contribution in [3.63, 3.8) is 0 Å². The molecule has 8 nitrogen and oxygen atoms in total. The number of nitrogens with zero attached hydrogens (tertiary/aromatic N) is 2. The van der Waals surface area contributed by atoms with Gasteiger partial charge in [-0.05, 0) is 42.8 Å². The van der Waals surface area contributed by atoms with Crippen molar-refractivity contribution in [1.29, 1.82) is 0 Å². The van der Waals surface area contributed by atoms with Crippen LogP contribution in [0.15, 0.2) is 55.1 Å². The van der Waals surface area contributed by atoms with Crippen LogP contribution in [-0.2, 0) is 20.0 Å². The minimum Gasteiger partial charge on any atom is -0.495 e. The van der Waals surface area contributed by atoms with Crippen LogP contribution in [0.25, 0.3) is 0 Å². The topological polar surface area (TPSA) is 93.2 Å². The molecule has 0 unspecified atom stereocenters. The Hall–Kier alpha value is -1.18. The second-order valence-corrected chi connectivity index (χ2v) is 12.4. The number of rotatable bonds is 6. The van der Waals surface area contributed by atoms with Crippen LogP contribution >= 0.6 is 31.9 Å². The SMILES string of the molecule is COc1ccc(Br)cc1S(=O)(=O)N1CCCN(S(=O)(=O)c2cc(Br)ccc2OC)CC1. The van der Waals surface area contributed by atoms with Crippen molar-refractivity contribution >= 4 is 51.9 Å². The van der Waals surface area contributed by atoms with Crippen molar-refractivity contribution in [2.75, 3.05) is 40.4 Å². The number of hydrogen-bond acceptors (Lipinski definition) is 6. The Labute approximate surface area is 199 Å². The van der Waals surface area contributed by atoms with Crippen molar-refractivity contribution in [2.24, 2.45) is 0 Å². The highest BCUT2D eigenvalue weighted by Crippen LogP contribution is 2.32. The standard InChI is InChI=1S/C19H22Br2N2O6S2/c1-28-16-6-4-14(20)12-18(16)30(24,25)22-8-3-9-23(11-10-22)31(26,27)19-13-15(21)5-7-17(19)29-2/h4-7,12-13H,3,8-11H2,1-2H3. The van der Waals surface area contributed by atoms with Gasteiger partial charge in [-0.3, -0.25) is 0 Å². The van der Waals surface area contributed by atoms with Gasteiger partial charge in [0.1, 0.15) is 21.3 Å². The Morgan fingerprint density at radius 1 is 0.710 bits per heavy atom. The van der Waals surface area contributed by atoms with Gasteiger partial charge in [-0.1, -0.05) is 31.9 Å². The highest BCUT2D eigenvalue weighted by molar-refractivity contribution is 9.10. The van der Waals surface area contributed by atoms with E-state index in [1.165, 1.54) is 35.0 Å². The first-order valence-electron chi connectivity index (χ1n) is 9.28. The molecule has 1 heterocycles. The summed E-state index contributed by atoms with van der Waals surface area (Å²) in [6, 6.07) is 9.51. The van der Waals surface area contributed by atoms with Gasteiger partial charge >= 0.3 is 0 Å².